The lowest BCUT2D eigenvalue weighted by atomic mass is 10.2. The van der Waals surface area contributed by atoms with E-state index in [1.54, 1.807) is 0 Å². The van der Waals surface area contributed by atoms with Gasteiger partial charge in [0.2, 0.25) is 0 Å². The van der Waals surface area contributed by atoms with Gasteiger partial charge >= 0.3 is 0 Å². The van der Waals surface area contributed by atoms with Crippen LogP contribution < -0.4 is 5.32 Å². The van der Waals surface area contributed by atoms with Gasteiger partial charge in [0, 0.05) is 13.0 Å². The molecule has 0 amide bonds. The summed E-state index contributed by atoms with van der Waals surface area (Å²) in [5.41, 5.74) is 0. The van der Waals surface area contributed by atoms with Crippen molar-refractivity contribution in [2.24, 2.45) is 5.92 Å². The zero-order valence-corrected chi connectivity index (χ0v) is 6.28. The van der Waals surface area contributed by atoms with Crippen LogP contribution in [0, 0.1) is 18.3 Å². The summed E-state index contributed by atoms with van der Waals surface area (Å²) in [4.78, 5) is 0. The van der Waals surface area contributed by atoms with Crippen molar-refractivity contribution in [2.45, 2.75) is 20.3 Å². The van der Waals surface area contributed by atoms with Gasteiger partial charge < -0.3 is 5.32 Å². The third-order valence-corrected chi connectivity index (χ3v) is 0.999. The van der Waals surface area contributed by atoms with Crippen molar-refractivity contribution in [1.29, 1.82) is 0 Å². The van der Waals surface area contributed by atoms with Gasteiger partial charge in [0.05, 0.1) is 0 Å². The van der Waals surface area contributed by atoms with Crippen LogP contribution >= 0.6 is 0 Å². The van der Waals surface area contributed by atoms with Crippen LogP contribution in [0.4, 0.5) is 0 Å². The lowest BCUT2D eigenvalue weighted by Gasteiger charge is -2.03. The first-order chi connectivity index (χ1) is 4.27. The van der Waals surface area contributed by atoms with E-state index in [4.69, 9.17) is 6.42 Å². The second-order valence-corrected chi connectivity index (χ2v) is 2.55. The molecule has 1 nitrogen and oxygen atoms in total. The molecule has 0 aliphatic carbocycles. The summed E-state index contributed by atoms with van der Waals surface area (Å²) in [5.74, 6) is 3.30. The molecule has 0 unspecified atom stereocenters. The highest BCUT2D eigenvalue weighted by Gasteiger charge is 1.89. The molecule has 0 heterocycles. The molecule has 0 spiro atoms. The normalized spacial score (nSPS) is 9.56. The molecule has 0 aromatic carbocycles. The summed E-state index contributed by atoms with van der Waals surface area (Å²) in [7, 11) is 0. The van der Waals surface area contributed by atoms with E-state index in [0.29, 0.717) is 0 Å². The molecule has 1 heteroatoms. The number of nitrogens with one attached hydrogen (secondary N) is 1. The predicted octanol–water partition coefficient (Wildman–Crippen LogP) is 1.26. The Morgan fingerprint density at radius 1 is 1.56 bits per heavy atom. The van der Waals surface area contributed by atoms with E-state index < -0.39 is 0 Å². The summed E-state index contributed by atoms with van der Waals surface area (Å²) in [5, 5.41) is 3.24. The van der Waals surface area contributed by atoms with Gasteiger partial charge in [-0.2, -0.15) is 0 Å². The third-order valence-electron chi connectivity index (χ3n) is 0.999. The van der Waals surface area contributed by atoms with E-state index in [-0.39, 0.29) is 0 Å². The van der Waals surface area contributed by atoms with Crippen molar-refractivity contribution in [3.05, 3.63) is 0 Å². The minimum atomic E-state index is 0.725. The standard InChI is InChI=1S/C8H15N/c1-4-5-6-9-7-8(2)3/h1,8-9H,5-7H2,2-3H3. The fourth-order valence-corrected chi connectivity index (χ4v) is 0.551. The molecule has 0 rings (SSSR count). The highest BCUT2D eigenvalue weighted by atomic mass is 14.8. The molecule has 52 valence electrons. The lowest BCUT2D eigenvalue weighted by Crippen LogP contribution is -2.20. The summed E-state index contributed by atoms with van der Waals surface area (Å²) in [6.07, 6.45) is 5.90. The fraction of sp³-hybridized carbons (Fsp3) is 0.750. The van der Waals surface area contributed by atoms with E-state index in [1.807, 2.05) is 0 Å². The fourth-order valence-electron chi connectivity index (χ4n) is 0.551. The number of terminal acetylenes is 1. The van der Waals surface area contributed by atoms with Crippen LogP contribution in [0.3, 0.4) is 0 Å². The van der Waals surface area contributed by atoms with Crippen molar-refractivity contribution >= 4 is 0 Å². The SMILES string of the molecule is C#CCCNCC(C)C. The van der Waals surface area contributed by atoms with Crippen LogP contribution in [0.25, 0.3) is 0 Å². The summed E-state index contributed by atoms with van der Waals surface area (Å²) < 4.78 is 0. The highest BCUT2D eigenvalue weighted by molar-refractivity contribution is 4.83. The molecular weight excluding hydrogens is 110 g/mol. The maximum absolute atomic E-state index is 5.06. The van der Waals surface area contributed by atoms with E-state index >= 15 is 0 Å². The van der Waals surface area contributed by atoms with Gasteiger partial charge in [-0.25, -0.2) is 0 Å². The zero-order valence-electron chi connectivity index (χ0n) is 6.28. The summed E-state index contributed by atoms with van der Waals surface area (Å²) >= 11 is 0. The molecule has 0 saturated carbocycles. The number of rotatable bonds is 4. The molecule has 9 heavy (non-hydrogen) atoms. The molecule has 1 N–H and O–H groups in total. The van der Waals surface area contributed by atoms with E-state index in [9.17, 15) is 0 Å². The summed E-state index contributed by atoms with van der Waals surface area (Å²) in [6, 6.07) is 0. The van der Waals surface area contributed by atoms with Crippen LogP contribution in [-0.4, -0.2) is 13.1 Å². The average Bonchev–Trinajstić information content (AvgIpc) is 1.80. The smallest absolute Gasteiger partial charge is 0.0211 e. The number of hydrogen-bond donors (Lipinski definition) is 1. The van der Waals surface area contributed by atoms with Crippen molar-refractivity contribution in [2.75, 3.05) is 13.1 Å². The molecule has 0 aromatic heterocycles. The second-order valence-electron chi connectivity index (χ2n) is 2.55. The second kappa shape index (κ2) is 5.65. The van der Waals surface area contributed by atoms with Crippen molar-refractivity contribution in [1.82, 2.24) is 5.32 Å². The highest BCUT2D eigenvalue weighted by Crippen LogP contribution is 1.86. The van der Waals surface area contributed by atoms with Crippen LogP contribution in [0.5, 0.6) is 0 Å². The Morgan fingerprint density at radius 2 is 2.22 bits per heavy atom. The molecule has 0 aromatic rings. The quantitative estimate of drug-likeness (QED) is 0.440. The van der Waals surface area contributed by atoms with Gasteiger partial charge in [0.25, 0.3) is 0 Å². The Bertz CT molecular complexity index is 89.2. The monoisotopic (exact) mass is 125 g/mol. The third kappa shape index (κ3) is 7.52. The van der Waals surface area contributed by atoms with Crippen molar-refractivity contribution in [3.8, 4) is 12.3 Å². The Labute approximate surface area is 57.8 Å². The molecule has 0 saturated heterocycles. The molecule has 0 radical (unpaired) electrons. The van der Waals surface area contributed by atoms with Gasteiger partial charge in [0.1, 0.15) is 0 Å². The van der Waals surface area contributed by atoms with Crippen LogP contribution in [0.2, 0.25) is 0 Å². The van der Waals surface area contributed by atoms with Gasteiger partial charge in [-0.3, -0.25) is 0 Å². The van der Waals surface area contributed by atoms with Crippen LogP contribution in [0.1, 0.15) is 20.3 Å². The summed E-state index contributed by atoms with van der Waals surface area (Å²) in [6.45, 7) is 6.39. The Hall–Kier alpha value is -0.480. The van der Waals surface area contributed by atoms with E-state index in [0.717, 1.165) is 25.4 Å². The van der Waals surface area contributed by atoms with Crippen molar-refractivity contribution in [3.63, 3.8) is 0 Å². The van der Waals surface area contributed by atoms with E-state index in [1.165, 1.54) is 0 Å². The van der Waals surface area contributed by atoms with Crippen LogP contribution in [-0.2, 0) is 0 Å². The maximum atomic E-state index is 5.06. The van der Waals surface area contributed by atoms with Gasteiger partial charge in [0.15, 0.2) is 0 Å². The Morgan fingerprint density at radius 3 is 2.67 bits per heavy atom. The van der Waals surface area contributed by atoms with Gasteiger partial charge in [-0.1, -0.05) is 13.8 Å². The minimum absolute atomic E-state index is 0.725. The Balaban J connectivity index is 2.85. The number of hydrogen-bond acceptors (Lipinski definition) is 1. The predicted molar refractivity (Wildman–Crippen MR) is 41.2 cm³/mol. The average molecular weight is 125 g/mol. The first-order valence-electron chi connectivity index (χ1n) is 3.41. The zero-order chi connectivity index (χ0) is 7.11. The van der Waals surface area contributed by atoms with Gasteiger partial charge in [-0.05, 0) is 12.5 Å². The molecule has 0 bridgehead atoms. The first kappa shape index (κ1) is 8.52. The maximum Gasteiger partial charge on any atom is 0.0211 e. The topological polar surface area (TPSA) is 12.0 Å². The van der Waals surface area contributed by atoms with Crippen molar-refractivity contribution < 1.29 is 0 Å². The van der Waals surface area contributed by atoms with E-state index in [2.05, 4.69) is 25.1 Å². The Kier molecular flexibility index (Phi) is 5.35. The van der Waals surface area contributed by atoms with Gasteiger partial charge in [-0.15, -0.1) is 12.3 Å². The largest absolute Gasteiger partial charge is 0.316 e. The minimum Gasteiger partial charge on any atom is -0.316 e. The molecular formula is C8H15N. The molecule has 0 atom stereocenters. The molecule has 0 fully saturated rings. The molecule has 0 aliphatic heterocycles. The molecule has 0 aliphatic rings. The van der Waals surface area contributed by atoms with Crippen LogP contribution in [0.15, 0.2) is 0 Å². The lowest BCUT2D eigenvalue weighted by molar-refractivity contribution is 0.558. The first-order valence-corrected chi connectivity index (χ1v) is 3.41.